The Morgan fingerprint density at radius 3 is 2.14 bits per heavy atom. The zero-order chi connectivity index (χ0) is 16.2. The van der Waals surface area contributed by atoms with Gasteiger partial charge in [0, 0.05) is 5.41 Å². The standard InChI is InChI=1S/C18H20O3S/c1-14-10-15(2)12-17(11-14)8-9-22(19,20)13-16-4-6-18(21-3)7-5-16/h4-12H,13H2,1-3H3. The molecule has 0 saturated heterocycles. The van der Waals surface area contributed by atoms with Crippen LogP contribution in [0.5, 0.6) is 5.75 Å². The van der Waals surface area contributed by atoms with Crippen LogP contribution in [-0.2, 0) is 15.6 Å². The van der Waals surface area contributed by atoms with Gasteiger partial charge < -0.3 is 4.74 Å². The van der Waals surface area contributed by atoms with Crippen molar-refractivity contribution in [2.75, 3.05) is 7.11 Å². The number of benzene rings is 2. The molecule has 0 fully saturated rings. The van der Waals surface area contributed by atoms with E-state index in [0.717, 1.165) is 22.3 Å². The number of methoxy groups -OCH3 is 1. The fourth-order valence-corrected chi connectivity index (χ4v) is 3.41. The maximum absolute atomic E-state index is 12.2. The lowest BCUT2D eigenvalue weighted by atomic mass is 10.1. The molecule has 0 amide bonds. The maximum atomic E-state index is 12.2. The second-order valence-electron chi connectivity index (χ2n) is 5.38. The fourth-order valence-electron chi connectivity index (χ4n) is 2.29. The highest BCUT2D eigenvalue weighted by Gasteiger charge is 2.08. The first-order valence-electron chi connectivity index (χ1n) is 7.00. The van der Waals surface area contributed by atoms with Gasteiger partial charge in [0.15, 0.2) is 9.84 Å². The lowest BCUT2D eigenvalue weighted by molar-refractivity contribution is 0.414. The average molecular weight is 316 g/mol. The van der Waals surface area contributed by atoms with Crippen LogP contribution in [0.4, 0.5) is 0 Å². The summed E-state index contributed by atoms with van der Waals surface area (Å²) in [6.07, 6.45) is 1.65. The number of sulfone groups is 1. The molecule has 0 unspecified atom stereocenters. The fraction of sp³-hybridized carbons (Fsp3) is 0.222. The molecular weight excluding hydrogens is 296 g/mol. The normalized spacial score (nSPS) is 11.8. The predicted molar refractivity (Wildman–Crippen MR) is 90.6 cm³/mol. The Kier molecular flexibility index (Phi) is 5.03. The molecule has 2 rings (SSSR count). The summed E-state index contributed by atoms with van der Waals surface area (Å²) in [4.78, 5) is 0. The summed E-state index contributed by atoms with van der Waals surface area (Å²) in [7, 11) is -1.72. The molecule has 22 heavy (non-hydrogen) atoms. The van der Waals surface area contributed by atoms with E-state index in [1.165, 1.54) is 5.41 Å². The molecule has 0 bridgehead atoms. The Morgan fingerprint density at radius 1 is 1.00 bits per heavy atom. The van der Waals surface area contributed by atoms with Gasteiger partial charge in [0.2, 0.25) is 0 Å². The third-order valence-electron chi connectivity index (χ3n) is 3.24. The van der Waals surface area contributed by atoms with E-state index in [9.17, 15) is 8.42 Å². The van der Waals surface area contributed by atoms with E-state index in [1.807, 2.05) is 26.0 Å². The summed E-state index contributed by atoms with van der Waals surface area (Å²) in [6.45, 7) is 3.99. The van der Waals surface area contributed by atoms with Crippen molar-refractivity contribution in [1.82, 2.24) is 0 Å². The number of rotatable bonds is 5. The van der Waals surface area contributed by atoms with E-state index in [-0.39, 0.29) is 5.75 Å². The Labute approximate surface area is 132 Å². The molecule has 2 aromatic carbocycles. The maximum Gasteiger partial charge on any atom is 0.175 e. The highest BCUT2D eigenvalue weighted by Crippen LogP contribution is 2.16. The number of ether oxygens (including phenoxy) is 1. The highest BCUT2D eigenvalue weighted by molar-refractivity contribution is 7.93. The third-order valence-corrected chi connectivity index (χ3v) is 4.53. The van der Waals surface area contributed by atoms with Crippen LogP contribution >= 0.6 is 0 Å². The Bertz CT molecular complexity index is 752. The number of hydrogen-bond donors (Lipinski definition) is 0. The van der Waals surface area contributed by atoms with Gasteiger partial charge in [0.25, 0.3) is 0 Å². The van der Waals surface area contributed by atoms with Crippen LogP contribution in [0.25, 0.3) is 6.08 Å². The zero-order valence-corrected chi connectivity index (χ0v) is 13.9. The van der Waals surface area contributed by atoms with Crippen LogP contribution in [0.15, 0.2) is 47.9 Å². The third kappa shape index (κ3) is 4.74. The Morgan fingerprint density at radius 2 is 1.59 bits per heavy atom. The molecule has 0 aliphatic rings. The number of aryl methyl sites for hydroxylation is 2. The van der Waals surface area contributed by atoms with Crippen molar-refractivity contribution in [3.8, 4) is 5.75 Å². The van der Waals surface area contributed by atoms with E-state index in [1.54, 1.807) is 37.5 Å². The first-order valence-corrected chi connectivity index (χ1v) is 8.71. The van der Waals surface area contributed by atoms with Gasteiger partial charge in [-0.15, -0.1) is 0 Å². The van der Waals surface area contributed by atoms with Gasteiger partial charge in [0.1, 0.15) is 5.75 Å². The molecular formula is C18H20O3S. The largest absolute Gasteiger partial charge is 0.497 e. The second-order valence-corrected chi connectivity index (χ2v) is 7.27. The summed E-state index contributed by atoms with van der Waals surface area (Å²) in [5, 5.41) is 1.28. The van der Waals surface area contributed by atoms with E-state index in [4.69, 9.17) is 4.74 Å². The van der Waals surface area contributed by atoms with Crippen LogP contribution in [-0.4, -0.2) is 15.5 Å². The van der Waals surface area contributed by atoms with Gasteiger partial charge in [-0.3, -0.25) is 0 Å². The molecule has 3 nitrogen and oxygen atoms in total. The summed E-state index contributed by atoms with van der Waals surface area (Å²) < 4.78 is 29.4. The first kappa shape index (κ1) is 16.3. The molecule has 0 aromatic heterocycles. The minimum Gasteiger partial charge on any atom is -0.497 e. The molecule has 0 N–H and O–H groups in total. The number of hydrogen-bond acceptors (Lipinski definition) is 3. The van der Waals surface area contributed by atoms with E-state index < -0.39 is 9.84 Å². The zero-order valence-electron chi connectivity index (χ0n) is 13.0. The van der Waals surface area contributed by atoms with Gasteiger partial charge in [0.05, 0.1) is 12.9 Å². The van der Waals surface area contributed by atoms with Crippen molar-refractivity contribution in [2.24, 2.45) is 0 Å². The average Bonchev–Trinajstić information content (AvgIpc) is 2.45. The molecule has 0 aliphatic carbocycles. The van der Waals surface area contributed by atoms with Gasteiger partial charge in [-0.2, -0.15) is 0 Å². The SMILES string of the molecule is COc1ccc(CS(=O)(=O)C=Cc2cc(C)cc(C)c2)cc1. The molecule has 0 saturated carbocycles. The van der Waals surface area contributed by atoms with E-state index in [2.05, 4.69) is 6.07 Å². The summed E-state index contributed by atoms with van der Waals surface area (Å²) in [6, 6.07) is 13.0. The van der Waals surface area contributed by atoms with Crippen LogP contribution in [0.3, 0.4) is 0 Å². The van der Waals surface area contributed by atoms with Crippen molar-refractivity contribution in [3.05, 3.63) is 70.1 Å². The van der Waals surface area contributed by atoms with Crippen molar-refractivity contribution >= 4 is 15.9 Å². The smallest absolute Gasteiger partial charge is 0.175 e. The molecule has 0 aliphatic heterocycles. The summed E-state index contributed by atoms with van der Waals surface area (Å²) in [5.41, 5.74) is 3.88. The van der Waals surface area contributed by atoms with Crippen LogP contribution in [0.2, 0.25) is 0 Å². The Balaban J connectivity index is 2.14. The van der Waals surface area contributed by atoms with Gasteiger partial charge in [-0.25, -0.2) is 8.42 Å². The Hall–Kier alpha value is -2.07. The molecule has 2 aromatic rings. The van der Waals surface area contributed by atoms with Crippen LogP contribution < -0.4 is 4.74 Å². The quantitative estimate of drug-likeness (QED) is 0.840. The van der Waals surface area contributed by atoms with Crippen molar-refractivity contribution in [2.45, 2.75) is 19.6 Å². The van der Waals surface area contributed by atoms with Crippen molar-refractivity contribution in [3.63, 3.8) is 0 Å². The molecule has 0 spiro atoms. The minimum atomic E-state index is -3.30. The van der Waals surface area contributed by atoms with Crippen LogP contribution in [0, 0.1) is 13.8 Å². The van der Waals surface area contributed by atoms with Gasteiger partial charge in [-0.05, 0) is 43.2 Å². The molecule has 0 heterocycles. The molecule has 0 atom stereocenters. The van der Waals surface area contributed by atoms with Crippen LogP contribution in [0.1, 0.15) is 22.3 Å². The lowest BCUT2D eigenvalue weighted by Gasteiger charge is -2.03. The van der Waals surface area contributed by atoms with E-state index >= 15 is 0 Å². The second kappa shape index (κ2) is 6.79. The van der Waals surface area contributed by atoms with Gasteiger partial charge in [-0.1, -0.05) is 41.5 Å². The van der Waals surface area contributed by atoms with Crippen molar-refractivity contribution in [1.29, 1.82) is 0 Å². The topological polar surface area (TPSA) is 43.4 Å². The molecule has 116 valence electrons. The highest BCUT2D eigenvalue weighted by atomic mass is 32.2. The molecule has 4 heteroatoms. The lowest BCUT2D eigenvalue weighted by Crippen LogP contribution is -2.00. The predicted octanol–water partition coefficient (Wildman–Crippen LogP) is 3.90. The first-order chi connectivity index (χ1) is 10.4. The van der Waals surface area contributed by atoms with E-state index in [0.29, 0.717) is 5.75 Å². The minimum absolute atomic E-state index is 0.0156. The summed E-state index contributed by atoms with van der Waals surface area (Å²) in [5.74, 6) is 0.699. The monoisotopic (exact) mass is 316 g/mol. The molecule has 0 radical (unpaired) electrons. The van der Waals surface area contributed by atoms with Crippen molar-refractivity contribution < 1.29 is 13.2 Å². The summed E-state index contributed by atoms with van der Waals surface area (Å²) >= 11 is 0. The van der Waals surface area contributed by atoms with Gasteiger partial charge >= 0.3 is 0 Å².